The van der Waals surface area contributed by atoms with Gasteiger partial charge in [0.2, 0.25) is 11.8 Å². The van der Waals surface area contributed by atoms with Gasteiger partial charge in [0.15, 0.2) is 6.04 Å². The van der Waals surface area contributed by atoms with E-state index in [2.05, 4.69) is 26.9 Å². The first-order valence-corrected chi connectivity index (χ1v) is 7.36. The lowest BCUT2D eigenvalue weighted by atomic mass is 10.2. The Morgan fingerprint density at radius 1 is 1.21 bits per heavy atom. The molecule has 2 aromatic heterocycles. The molecule has 2 unspecified atom stereocenters. The lowest BCUT2D eigenvalue weighted by Crippen LogP contribution is -2.26. The summed E-state index contributed by atoms with van der Waals surface area (Å²) in [6.07, 6.45) is 2.48. The van der Waals surface area contributed by atoms with Gasteiger partial charge in [-0.2, -0.15) is 0 Å². The summed E-state index contributed by atoms with van der Waals surface area (Å²) in [5.41, 5.74) is 8.41. The van der Waals surface area contributed by atoms with Crippen LogP contribution in [0, 0.1) is 0 Å². The van der Waals surface area contributed by atoms with Gasteiger partial charge in [0, 0.05) is 16.8 Å². The molecule has 0 radical (unpaired) electrons. The maximum atomic E-state index is 6.01. The van der Waals surface area contributed by atoms with E-state index in [0.29, 0.717) is 5.89 Å². The van der Waals surface area contributed by atoms with Crippen molar-refractivity contribution in [1.29, 1.82) is 0 Å². The van der Waals surface area contributed by atoms with Crippen molar-refractivity contribution in [2.24, 2.45) is 15.7 Å². The van der Waals surface area contributed by atoms with Gasteiger partial charge in [-0.25, -0.2) is 0 Å². The molecule has 0 spiro atoms. The molecule has 0 aliphatic rings. The predicted octanol–water partition coefficient (Wildman–Crippen LogP) is 2.87. The molecule has 0 saturated carbocycles. The molecular formula is C17H17N5O2. The molecule has 0 aliphatic heterocycles. The summed E-state index contributed by atoms with van der Waals surface area (Å²) < 4.78 is 10.8. The Hall–Kier alpha value is -3.06. The summed E-state index contributed by atoms with van der Waals surface area (Å²) in [5.74, 6) is 0.694. The molecule has 7 heteroatoms. The Bertz CT molecular complexity index is 824. The van der Waals surface area contributed by atoms with Gasteiger partial charge >= 0.3 is 0 Å². The molecule has 2 atom stereocenters. The van der Waals surface area contributed by atoms with E-state index >= 15 is 0 Å². The highest BCUT2D eigenvalue weighted by Crippen LogP contribution is 2.25. The summed E-state index contributed by atoms with van der Waals surface area (Å²) in [6.45, 7) is 5.34. The average molecular weight is 323 g/mol. The van der Waals surface area contributed by atoms with E-state index in [9.17, 15) is 0 Å². The van der Waals surface area contributed by atoms with Crippen LogP contribution < -0.4 is 5.73 Å². The normalized spacial score (nSPS) is 14.3. The summed E-state index contributed by atoms with van der Waals surface area (Å²) in [6, 6.07) is 10.7. The number of benzene rings is 1. The van der Waals surface area contributed by atoms with E-state index in [1.165, 1.54) is 0 Å². The van der Waals surface area contributed by atoms with E-state index in [-0.39, 0.29) is 5.89 Å². The molecule has 1 aromatic carbocycles. The van der Waals surface area contributed by atoms with Crippen LogP contribution >= 0.6 is 0 Å². The molecule has 2 N–H and O–H groups in total. The smallest absolute Gasteiger partial charge is 0.247 e. The molecule has 0 aliphatic carbocycles. The Balaban J connectivity index is 1.94. The van der Waals surface area contributed by atoms with Crippen LogP contribution in [0.15, 0.2) is 67.7 Å². The maximum Gasteiger partial charge on any atom is 0.247 e. The second-order valence-corrected chi connectivity index (χ2v) is 5.16. The molecule has 3 rings (SSSR count). The van der Waals surface area contributed by atoms with Crippen molar-refractivity contribution in [3.05, 3.63) is 60.4 Å². The summed E-state index contributed by atoms with van der Waals surface area (Å²) in [7, 11) is 0. The van der Waals surface area contributed by atoms with Crippen LogP contribution in [0.5, 0.6) is 0 Å². The molecule has 24 heavy (non-hydrogen) atoms. The minimum absolute atomic E-state index is 0.289. The van der Waals surface area contributed by atoms with Gasteiger partial charge in [-0.15, -0.1) is 10.2 Å². The fourth-order valence-corrected chi connectivity index (χ4v) is 2.18. The van der Waals surface area contributed by atoms with Gasteiger partial charge in [-0.05, 0) is 31.8 Å². The second-order valence-electron chi connectivity index (χ2n) is 5.16. The third-order valence-corrected chi connectivity index (χ3v) is 3.52. The zero-order chi connectivity index (χ0) is 16.9. The first-order chi connectivity index (χ1) is 11.7. The zero-order valence-corrected chi connectivity index (χ0v) is 13.2. The maximum absolute atomic E-state index is 6.01. The van der Waals surface area contributed by atoms with Gasteiger partial charge < -0.3 is 14.6 Å². The highest BCUT2D eigenvalue weighted by Gasteiger charge is 2.25. The first kappa shape index (κ1) is 15.8. The van der Waals surface area contributed by atoms with Crippen LogP contribution in [-0.4, -0.2) is 28.8 Å². The number of furan rings is 1. The number of aliphatic imine (C=N–C) groups is 2. The second kappa shape index (κ2) is 7.01. The largest absolute Gasteiger partial charge is 0.472 e. The van der Waals surface area contributed by atoms with Crippen molar-refractivity contribution in [2.75, 3.05) is 0 Å². The number of aromatic nitrogens is 2. The summed E-state index contributed by atoms with van der Waals surface area (Å²) >= 11 is 0. The highest BCUT2D eigenvalue weighted by atomic mass is 16.4. The number of rotatable bonds is 6. The van der Waals surface area contributed by atoms with Gasteiger partial charge in [-0.1, -0.05) is 18.2 Å². The molecule has 7 nitrogen and oxygen atoms in total. The average Bonchev–Trinajstić information content (AvgIpc) is 3.31. The number of nitrogens with zero attached hydrogens (tertiary/aromatic N) is 4. The van der Waals surface area contributed by atoms with Crippen molar-refractivity contribution in [3.8, 4) is 11.5 Å². The lowest BCUT2D eigenvalue weighted by molar-refractivity contribution is 0.423. The summed E-state index contributed by atoms with van der Waals surface area (Å²) in [5, 5.41) is 8.15. The Morgan fingerprint density at radius 2 is 2.00 bits per heavy atom. The number of nitrogens with two attached hydrogens (primary N) is 1. The third kappa shape index (κ3) is 3.31. The standard InChI is InChI=1S/C17H17N5O2/c1-11(13-8-9-23-10-13)20-14(15(18)19-2)17-22-21-16(24-17)12-6-4-3-5-7-12/h3-10,14-15H,2,18H2,1H3/b20-11+. The van der Waals surface area contributed by atoms with E-state index < -0.39 is 12.2 Å². The molecule has 0 saturated heterocycles. The van der Waals surface area contributed by atoms with Crippen molar-refractivity contribution < 1.29 is 8.83 Å². The van der Waals surface area contributed by atoms with Gasteiger partial charge in [-0.3, -0.25) is 9.98 Å². The minimum Gasteiger partial charge on any atom is -0.472 e. The van der Waals surface area contributed by atoms with Gasteiger partial charge in [0.05, 0.1) is 12.5 Å². The van der Waals surface area contributed by atoms with Crippen LogP contribution in [-0.2, 0) is 0 Å². The fourth-order valence-electron chi connectivity index (χ4n) is 2.18. The van der Waals surface area contributed by atoms with Crippen molar-refractivity contribution in [3.63, 3.8) is 0 Å². The zero-order valence-electron chi connectivity index (χ0n) is 13.2. The Labute approximate surface area is 138 Å². The fraction of sp³-hybridized carbons (Fsp3) is 0.176. The molecule has 0 bridgehead atoms. The van der Waals surface area contributed by atoms with Crippen LogP contribution in [0.1, 0.15) is 24.4 Å². The van der Waals surface area contributed by atoms with Crippen molar-refractivity contribution in [1.82, 2.24) is 10.2 Å². The Kier molecular flexibility index (Phi) is 4.62. The van der Waals surface area contributed by atoms with Crippen LogP contribution in [0.3, 0.4) is 0 Å². The van der Waals surface area contributed by atoms with Crippen LogP contribution in [0.25, 0.3) is 11.5 Å². The number of hydrogen-bond donors (Lipinski definition) is 1. The summed E-state index contributed by atoms with van der Waals surface area (Å²) in [4.78, 5) is 8.42. The topological polar surface area (TPSA) is 103 Å². The SMILES string of the molecule is C=NC(N)C(/N=C(\C)c1ccoc1)c1nnc(-c2ccccc2)o1. The van der Waals surface area contributed by atoms with E-state index in [4.69, 9.17) is 14.6 Å². The van der Waals surface area contributed by atoms with Crippen molar-refractivity contribution >= 4 is 12.4 Å². The molecule has 0 fully saturated rings. The minimum atomic E-state index is -0.698. The predicted molar refractivity (Wildman–Crippen MR) is 90.9 cm³/mol. The first-order valence-electron chi connectivity index (χ1n) is 7.36. The van der Waals surface area contributed by atoms with E-state index in [1.807, 2.05) is 43.3 Å². The monoisotopic (exact) mass is 323 g/mol. The van der Waals surface area contributed by atoms with Crippen LogP contribution in [0.4, 0.5) is 0 Å². The van der Waals surface area contributed by atoms with E-state index in [0.717, 1.165) is 16.8 Å². The van der Waals surface area contributed by atoms with Crippen molar-refractivity contribution in [2.45, 2.75) is 19.1 Å². The molecule has 122 valence electrons. The third-order valence-electron chi connectivity index (χ3n) is 3.52. The highest BCUT2D eigenvalue weighted by molar-refractivity contribution is 5.98. The van der Waals surface area contributed by atoms with Gasteiger partial charge in [0.25, 0.3) is 0 Å². The van der Waals surface area contributed by atoms with E-state index in [1.54, 1.807) is 12.5 Å². The molecule has 3 aromatic rings. The molecule has 2 heterocycles. The Morgan fingerprint density at radius 3 is 2.67 bits per heavy atom. The number of hydrogen-bond acceptors (Lipinski definition) is 7. The van der Waals surface area contributed by atoms with Crippen LogP contribution in [0.2, 0.25) is 0 Å². The quantitative estimate of drug-likeness (QED) is 0.703. The molecular weight excluding hydrogens is 306 g/mol. The molecule has 0 amide bonds. The lowest BCUT2D eigenvalue weighted by Gasteiger charge is -2.13. The van der Waals surface area contributed by atoms with Gasteiger partial charge in [0.1, 0.15) is 6.17 Å².